The number of nitrogens with one attached hydrogen (secondary N) is 2. The van der Waals surface area contributed by atoms with E-state index >= 15 is 0 Å². The average Bonchev–Trinajstić information content (AvgIpc) is 3.40. The lowest BCUT2D eigenvalue weighted by atomic mass is 9.70. The fourth-order valence-electron chi connectivity index (χ4n) is 5.88. The van der Waals surface area contributed by atoms with E-state index in [1.807, 2.05) is 24.3 Å². The second-order valence-corrected chi connectivity index (χ2v) is 11.1. The number of amides is 1. The van der Waals surface area contributed by atoms with Crippen molar-refractivity contribution in [3.63, 3.8) is 0 Å². The summed E-state index contributed by atoms with van der Waals surface area (Å²) in [5.41, 5.74) is 1.98. The summed E-state index contributed by atoms with van der Waals surface area (Å²) < 4.78 is 14.4. The molecule has 1 amide bonds. The van der Waals surface area contributed by atoms with Crippen LogP contribution in [0.3, 0.4) is 0 Å². The molecule has 3 heterocycles. The van der Waals surface area contributed by atoms with Crippen LogP contribution in [-0.4, -0.2) is 48.2 Å². The van der Waals surface area contributed by atoms with Crippen LogP contribution in [0.2, 0.25) is 0 Å². The Labute approximate surface area is 216 Å². The van der Waals surface area contributed by atoms with E-state index in [1.165, 1.54) is 16.5 Å². The Morgan fingerprint density at radius 2 is 1.94 bits per heavy atom. The van der Waals surface area contributed by atoms with Gasteiger partial charge < -0.3 is 10.2 Å². The molecule has 1 unspecified atom stereocenters. The van der Waals surface area contributed by atoms with Crippen molar-refractivity contribution in [3.05, 3.63) is 76.5 Å². The topological polar surface area (TPSA) is 59.4 Å². The van der Waals surface area contributed by atoms with Crippen molar-refractivity contribution < 1.29 is 9.18 Å². The summed E-state index contributed by atoms with van der Waals surface area (Å²) in [5.74, 6) is 3.49. The standard InChI is InChI=1S/C29H31FN4OS/c1-4-19-8-7-9-21(16-19)22-17-25(36-18-22)29(2)26(27(35)33(3)28(31)32-29)20-12-14-34(15-13-20)24-11-6-5-10-23(24)30/h1,5-11,16-17,20,22,26H,12-15,18H2,2-3H3,(H2,31,32)/t22?,26-,29+/m0/s1. The molecule has 3 aliphatic rings. The van der Waals surface area contributed by atoms with Gasteiger partial charge in [0, 0.05) is 42.3 Å². The number of carbonyl (C=O) groups excluding carboxylic acids is 1. The lowest BCUT2D eigenvalue weighted by Gasteiger charge is -2.50. The maximum atomic E-state index is 14.4. The number of halogens is 1. The molecule has 2 fully saturated rings. The minimum Gasteiger partial charge on any atom is -0.369 e. The molecule has 2 aromatic carbocycles. The number of terminal acetylenes is 1. The van der Waals surface area contributed by atoms with E-state index < -0.39 is 5.54 Å². The predicted molar refractivity (Wildman–Crippen MR) is 145 cm³/mol. The van der Waals surface area contributed by atoms with Crippen molar-refractivity contribution in [1.82, 2.24) is 10.2 Å². The van der Waals surface area contributed by atoms with Crippen LogP contribution in [0.4, 0.5) is 10.1 Å². The van der Waals surface area contributed by atoms with Crippen LogP contribution in [0.15, 0.2) is 59.5 Å². The van der Waals surface area contributed by atoms with Gasteiger partial charge in [-0.2, -0.15) is 0 Å². The fourth-order valence-corrected chi connectivity index (χ4v) is 7.26. The summed E-state index contributed by atoms with van der Waals surface area (Å²) in [6.07, 6.45) is 9.44. The van der Waals surface area contributed by atoms with Crippen molar-refractivity contribution >= 4 is 29.3 Å². The third-order valence-electron chi connectivity index (χ3n) is 7.90. The number of thioether (sulfide) groups is 1. The first kappa shape index (κ1) is 24.5. The number of anilines is 1. The highest BCUT2D eigenvalue weighted by atomic mass is 32.2. The summed E-state index contributed by atoms with van der Waals surface area (Å²) in [5, 5.41) is 11.9. The first-order valence-corrected chi connectivity index (χ1v) is 13.4. The lowest BCUT2D eigenvalue weighted by Crippen LogP contribution is -2.68. The largest absolute Gasteiger partial charge is 0.369 e. The molecule has 186 valence electrons. The highest BCUT2D eigenvalue weighted by Crippen LogP contribution is 2.48. The van der Waals surface area contributed by atoms with E-state index in [1.54, 1.807) is 24.9 Å². The maximum Gasteiger partial charge on any atom is 0.235 e. The Hall–Kier alpha value is -3.24. The third-order valence-corrected chi connectivity index (χ3v) is 9.30. The smallest absolute Gasteiger partial charge is 0.235 e. The summed E-state index contributed by atoms with van der Waals surface area (Å²) in [7, 11) is 1.67. The number of nitrogens with zero attached hydrogens (tertiary/aromatic N) is 2. The molecule has 2 saturated heterocycles. The van der Waals surface area contributed by atoms with Crippen molar-refractivity contribution in [2.24, 2.45) is 11.8 Å². The average molecular weight is 503 g/mol. The number of guanidine groups is 1. The van der Waals surface area contributed by atoms with E-state index in [9.17, 15) is 9.18 Å². The molecule has 36 heavy (non-hydrogen) atoms. The van der Waals surface area contributed by atoms with Crippen LogP contribution in [0.5, 0.6) is 0 Å². The molecule has 2 N–H and O–H groups in total. The van der Waals surface area contributed by atoms with Gasteiger partial charge in [0.1, 0.15) is 5.82 Å². The van der Waals surface area contributed by atoms with Crippen LogP contribution < -0.4 is 10.2 Å². The zero-order valence-corrected chi connectivity index (χ0v) is 21.4. The lowest BCUT2D eigenvalue weighted by molar-refractivity contribution is -0.137. The van der Waals surface area contributed by atoms with Crippen LogP contribution in [-0.2, 0) is 4.79 Å². The number of carbonyl (C=O) groups is 1. The van der Waals surface area contributed by atoms with Gasteiger partial charge in [0.25, 0.3) is 0 Å². The Kier molecular flexibility index (Phi) is 6.57. The Morgan fingerprint density at radius 3 is 2.67 bits per heavy atom. The zero-order chi connectivity index (χ0) is 25.4. The van der Waals surface area contributed by atoms with Crippen molar-refractivity contribution in [2.75, 3.05) is 30.8 Å². The molecule has 0 bridgehead atoms. The highest BCUT2D eigenvalue weighted by molar-refractivity contribution is 8.03. The van der Waals surface area contributed by atoms with Crippen molar-refractivity contribution in [2.45, 2.75) is 31.2 Å². The normalized spacial score (nSPS) is 27.0. The highest BCUT2D eigenvalue weighted by Gasteiger charge is 2.53. The van der Waals surface area contributed by atoms with E-state index in [0.717, 1.165) is 29.1 Å². The molecule has 0 aromatic heterocycles. The van der Waals surface area contributed by atoms with Gasteiger partial charge in [-0.15, -0.1) is 18.2 Å². The molecule has 3 atom stereocenters. The van der Waals surface area contributed by atoms with Crippen molar-refractivity contribution in [1.29, 1.82) is 5.41 Å². The molecule has 3 aliphatic heterocycles. The molecule has 2 aromatic rings. The molecule has 0 radical (unpaired) electrons. The number of allylic oxidation sites excluding steroid dienone is 1. The van der Waals surface area contributed by atoms with Gasteiger partial charge in [-0.3, -0.25) is 15.1 Å². The monoisotopic (exact) mass is 502 g/mol. The molecule has 0 aliphatic carbocycles. The SMILES string of the molecule is C#Cc1cccc(C2C=C([C@@]3(C)NC(=N)N(C)C(=O)[C@@H]3C3CCN(c4ccccc4F)CC3)SC2)c1. The first-order chi connectivity index (χ1) is 17.3. The second kappa shape index (κ2) is 9.67. The van der Waals surface area contributed by atoms with Crippen molar-refractivity contribution in [3.8, 4) is 12.3 Å². The number of rotatable bonds is 4. The third kappa shape index (κ3) is 4.28. The quantitative estimate of drug-likeness (QED) is 0.590. The van der Waals surface area contributed by atoms with Crippen LogP contribution in [0.1, 0.15) is 36.8 Å². The van der Waals surface area contributed by atoms with Gasteiger partial charge in [0.2, 0.25) is 5.91 Å². The van der Waals surface area contributed by atoms with E-state index in [2.05, 4.69) is 41.3 Å². The minimum absolute atomic E-state index is 0.0233. The van der Waals surface area contributed by atoms with Crippen LogP contribution in [0.25, 0.3) is 0 Å². The van der Waals surface area contributed by atoms with Gasteiger partial charge in [0.05, 0.1) is 17.1 Å². The number of hydrogen-bond acceptors (Lipinski definition) is 4. The van der Waals surface area contributed by atoms with E-state index in [0.29, 0.717) is 18.8 Å². The maximum absolute atomic E-state index is 14.4. The first-order valence-electron chi connectivity index (χ1n) is 12.4. The van der Waals surface area contributed by atoms with E-state index in [-0.39, 0.29) is 35.4 Å². The zero-order valence-electron chi connectivity index (χ0n) is 20.6. The molecule has 5 rings (SSSR count). The number of piperidine rings is 1. The Morgan fingerprint density at radius 1 is 1.19 bits per heavy atom. The summed E-state index contributed by atoms with van der Waals surface area (Å²) in [4.78, 5) is 18.3. The Bertz CT molecular complexity index is 1260. The molecular formula is C29H31FN4OS. The molecular weight excluding hydrogens is 471 g/mol. The second-order valence-electron chi connectivity index (χ2n) is 10.0. The van der Waals surface area contributed by atoms with Gasteiger partial charge >= 0.3 is 0 Å². The fraction of sp³-hybridized carbons (Fsp3) is 0.379. The summed E-state index contributed by atoms with van der Waals surface area (Å²) in [6, 6.07) is 14.9. The molecule has 7 heteroatoms. The number of hydrogen-bond donors (Lipinski definition) is 2. The molecule has 0 saturated carbocycles. The number of para-hydroxylation sites is 1. The van der Waals surface area contributed by atoms with Gasteiger partial charge in [0.15, 0.2) is 5.96 Å². The minimum atomic E-state index is -0.672. The Balaban J connectivity index is 1.41. The van der Waals surface area contributed by atoms with Crippen LogP contribution >= 0.6 is 11.8 Å². The predicted octanol–water partition coefficient (Wildman–Crippen LogP) is 4.81. The van der Waals surface area contributed by atoms with E-state index in [4.69, 9.17) is 11.8 Å². The van der Waals surface area contributed by atoms with Gasteiger partial charge in [-0.05, 0) is 55.5 Å². The summed E-state index contributed by atoms with van der Waals surface area (Å²) >= 11 is 1.76. The molecule has 0 spiro atoms. The van der Waals surface area contributed by atoms with Gasteiger partial charge in [-0.1, -0.05) is 36.3 Å². The number of benzene rings is 2. The van der Waals surface area contributed by atoms with Crippen LogP contribution in [0, 0.1) is 35.4 Å². The molecule has 5 nitrogen and oxygen atoms in total. The summed E-state index contributed by atoms with van der Waals surface area (Å²) in [6.45, 7) is 3.46. The van der Waals surface area contributed by atoms with Gasteiger partial charge in [-0.25, -0.2) is 4.39 Å².